The van der Waals surface area contributed by atoms with Gasteiger partial charge in [0.05, 0.1) is 12.6 Å². The van der Waals surface area contributed by atoms with Crippen LogP contribution in [0.1, 0.15) is 24.2 Å². The van der Waals surface area contributed by atoms with Crippen molar-refractivity contribution in [3.63, 3.8) is 0 Å². The molecule has 1 atom stereocenters. The summed E-state index contributed by atoms with van der Waals surface area (Å²) in [5, 5.41) is 6.77. The summed E-state index contributed by atoms with van der Waals surface area (Å²) in [6, 6.07) is 17.2. The maximum atomic E-state index is 12.9. The van der Waals surface area contributed by atoms with E-state index in [1.54, 1.807) is 18.2 Å². The minimum atomic E-state index is -0.312. The molecule has 0 radical (unpaired) electrons. The molecule has 0 fully saturated rings. The first-order valence-corrected chi connectivity index (χ1v) is 8.25. The van der Waals surface area contributed by atoms with E-state index in [9.17, 15) is 9.18 Å². The van der Waals surface area contributed by atoms with Gasteiger partial charge in [0.1, 0.15) is 18.1 Å². The van der Waals surface area contributed by atoms with Crippen LogP contribution in [0.25, 0.3) is 11.3 Å². The van der Waals surface area contributed by atoms with Crippen LogP contribution in [0, 0.1) is 5.82 Å². The van der Waals surface area contributed by atoms with Gasteiger partial charge in [-0.3, -0.25) is 4.79 Å². The van der Waals surface area contributed by atoms with Gasteiger partial charge in [-0.2, -0.15) is 0 Å². The van der Waals surface area contributed by atoms with Gasteiger partial charge in [-0.25, -0.2) is 4.39 Å². The molecule has 0 saturated carbocycles. The molecule has 1 unspecified atom stereocenters. The van der Waals surface area contributed by atoms with Crippen LogP contribution in [-0.2, 0) is 16.1 Å². The Morgan fingerprint density at radius 3 is 2.65 bits per heavy atom. The lowest BCUT2D eigenvalue weighted by Gasteiger charge is -2.14. The Hall–Kier alpha value is -2.99. The van der Waals surface area contributed by atoms with Crippen molar-refractivity contribution in [2.24, 2.45) is 0 Å². The van der Waals surface area contributed by atoms with E-state index >= 15 is 0 Å². The maximum absolute atomic E-state index is 12.9. The number of hydrogen-bond acceptors (Lipinski definition) is 4. The van der Waals surface area contributed by atoms with Crippen LogP contribution >= 0.6 is 0 Å². The summed E-state index contributed by atoms with van der Waals surface area (Å²) in [5.74, 6) is 0.00178. The standard InChI is InChI=1S/C20H19FN2O3/c1-14(15-5-3-2-4-6-15)22-20(24)13-25-12-18-11-19(26-23-18)16-7-9-17(21)10-8-16/h2-11,14H,12-13H2,1H3,(H,22,24). The van der Waals surface area contributed by atoms with Crippen molar-refractivity contribution in [1.82, 2.24) is 10.5 Å². The first-order valence-electron chi connectivity index (χ1n) is 8.25. The number of amides is 1. The van der Waals surface area contributed by atoms with Gasteiger partial charge in [-0.15, -0.1) is 0 Å². The van der Waals surface area contributed by atoms with Crippen LogP contribution in [0.5, 0.6) is 0 Å². The van der Waals surface area contributed by atoms with Crippen LogP contribution in [-0.4, -0.2) is 17.7 Å². The number of carbonyl (C=O) groups excluding carboxylic acids is 1. The number of nitrogens with zero attached hydrogens (tertiary/aromatic N) is 1. The van der Waals surface area contributed by atoms with E-state index in [4.69, 9.17) is 9.26 Å². The third kappa shape index (κ3) is 4.77. The Morgan fingerprint density at radius 1 is 1.19 bits per heavy atom. The van der Waals surface area contributed by atoms with Gasteiger partial charge in [0.2, 0.25) is 5.91 Å². The van der Waals surface area contributed by atoms with Crippen molar-refractivity contribution in [2.75, 3.05) is 6.61 Å². The van der Waals surface area contributed by atoms with E-state index in [0.29, 0.717) is 11.5 Å². The Kier molecular flexibility index (Phi) is 5.76. The van der Waals surface area contributed by atoms with Gasteiger partial charge >= 0.3 is 0 Å². The fourth-order valence-corrected chi connectivity index (χ4v) is 2.49. The minimum absolute atomic E-state index is 0.0735. The van der Waals surface area contributed by atoms with Crippen molar-refractivity contribution < 1.29 is 18.4 Å². The lowest BCUT2D eigenvalue weighted by molar-refractivity contribution is -0.126. The number of aromatic nitrogens is 1. The number of carbonyl (C=O) groups is 1. The third-order valence-electron chi connectivity index (χ3n) is 3.85. The van der Waals surface area contributed by atoms with Crippen molar-refractivity contribution in [3.8, 4) is 11.3 Å². The quantitative estimate of drug-likeness (QED) is 0.699. The number of halogens is 1. The van der Waals surface area contributed by atoms with Crippen LogP contribution in [0.4, 0.5) is 4.39 Å². The molecule has 2 aromatic carbocycles. The molecule has 0 aliphatic carbocycles. The summed E-state index contributed by atoms with van der Waals surface area (Å²) >= 11 is 0. The number of rotatable bonds is 7. The second-order valence-electron chi connectivity index (χ2n) is 5.88. The van der Waals surface area contributed by atoms with E-state index in [2.05, 4.69) is 10.5 Å². The molecule has 0 aliphatic rings. The molecule has 134 valence electrons. The summed E-state index contributed by atoms with van der Waals surface area (Å²) in [5.41, 5.74) is 2.31. The molecule has 5 nitrogen and oxygen atoms in total. The largest absolute Gasteiger partial charge is 0.365 e. The molecular weight excluding hydrogens is 335 g/mol. The fraction of sp³-hybridized carbons (Fsp3) is 0.200. The molecule has 1 aromatic heterocycles. The highest BCUT2D eigenvalue weighted by molar-refractivity contribution is 5.77. The third-order valence-corrected chi connectivity index (χ3v) is 3.85. The molecule has 0 aliphatic heterocycles. The Morgan fingerprint density at radius 2 is 1.92 bits per heavy atom. The Balaban J connectivity index is 1.46. The highest BCUT2D eigenvalue weighted by atomic mass is 19.1. The molecule has 0 spiro atoms. The zero-order valence-electron chi connectivity index (χ0n) is 14.3. The smallest absolute Gasteiger partial charge is 0.246 e. The zero-order valence-corrected chi connectivity index (χ0v) is 14.3. The summed E-state index contributed by atoms with van der Waals surface area (Å²) in [7, 11) is 0. The second-order valence-corrected chi connectivity index (χ2v) is 5.88. The average molecular weight is 354 g/mol. The van der Waals surface area contributed by atoms with Gasteiger partial charge in [-0.05, 0) is 36.8 Å². The molecule has 1 amide bonds. The first-order chi connectivity index (χ1) is 12.6. The van der Waals surface area contributed by atoms with Gasteiger partial charge in [0, 0.05) is 11.6 Å². The van der Waals surface area contributed by atoms with Crippen LogP contribution < -0.4 is 5.32 Å². The molecule has 0 saturated heterocycles. The molecule has 26 heavy (non-hydrogen) atoms. The topological polar surface area (TPSA) is 64.4 Å². The van der Waals surface area contributed by atoms with Gasteiger partial charge in [0.25, 0.3) is 0 Å². The molecule has 1 heterocycles. The summed E-state index contributed by atoms with van der Waals surface area (Å²) < 4.78 is 23.6. The number of ether oxygens (including phenoxy) is 1. The van der Waals surface area contributed by atoms with Crippen LogP contribution in [0.2, 0.25) is 0 Å². The minimum Gasteiger partial charge on any atom is -0.365 e. The average Bonchev–Trinajstić information content (AvgIpc) is 3.12. The predicted molar refractivity (Wildman–Crippen MR) is 94.6 cm³/mol. The van der Waals surface area contributed by atoms with Gasteiger partial charge in [-0.1, -0.05) is 35.5 Å². The van der Waals surface area contributed by atoms with Gasteiger partial charge < -0.3 is 14.6 Å². The highest BCUT2D eigenvalue weighted by Crippen LogP contribution is 2.20. The van der Waals surface area contributed by atoms with Crippen molar-refractivity contribution >= 4 is 5.91 Å². The zero-order chi connectivity index (χ0) is 18.4. The number of nitrogens with one attached hydrogen (secondary N) is 1. The van der Waals surface area contributed by atoms with E-state index in [1.807, 2.05) is 37.3 Å². The Labute approximate surface area is 150 Å². The normalized spacial score (nSPS) is 11.9. The summed E-state index contributed by atoms with van der Waals surface area (Å²) in [6.45, 7) is 1.99. The van der Waals surface area contributed by atoms with Crippen molar-refractivity contribution in [1.29, 1.82) is 0 Å². The van der Waals surface area contributed by atoms with E-state index in [-0.39, 0.29) is 31.0 Å². The molecule has 0 bridgehead atoms. The molecule has 1 N–H and O–H groups in total. The SMILES string of the molecule is CC(NC(=O)COCc1cc(-c2ccc(F)cc2)on1)c1ccccc1. The van der Waals surface area contributed by atoms with E-state index < -0.39 is 0 Å². The van der Waals surface area contributed by atoms with Crippen molar-refractivity contribution in [2.45, 2.75) is 19.6 Å². The van der Waals surface area contributed by atoms with E-state index in [1.165, 1.54) is 12.1 Å². The van der Waals surface area contributed by atoms with Crippen LogP contribution in [0.15, 0.2) is 65.2 Å². The second kappa shape index (κ2) is 8.40. The predicted octanol–water partition coefficient (Wildman–Crippen LogP) is 3.87. The molecular formula is C20H19FN2O3. The maximum Gasteiger partial charge on any atom is 0.246 e. The monoisotopic (exact) mass is 354 g/mol. The summed E-state index contributed by atoms with van der Waals surface area (Å²) in [6.07, 6.45) is 0. The molecule has 6 heteroatoms. The lowest BCUT2D eigenvalue weighted by atomic mass is 10.1. The first kappa shape index (κ1) is 17.8. The number of benzene rings is 2. The molecule has 3 rings (SSSR count). The fourth-order valence-electron chi connectivity index (χ4n) is 2.49. The van der Waals surface area contributed by atoms with Crippen molar-refractivity contribution in [3.05, 3.63) is 77.7 Å². The highest BCUT2D eigenvalue weighted by Gasteiger charge is 2.11. The van der Waals surface area contributed by atoms with E-state index in [0.717, 1.165) is 11.1 Å². The lowest BCUT2D eigenvalue weighted by Crippen LogP contribution is -2.30. The van der Waals surface area contributed by atoms with Crippen LogP contribution in [0.3, 0.4) is 0 Å². The number of hydrogen-bond donors (Lipinski definition) is 1. The van der Waals surface area contributed by atoms with Gasteiger partial charge in [0.15, 0.2) is 5.76 Å². The molecule has 3 aromatic rings. The Bertz CT molecular complexity index is 847. The summed E-state index contributed by atoms with van der Waals surface area (Å²) in [4.78, 5) is 12.0.